The molecule has 0 aliphatic carbocycles. The maximum Gasteiger partial charge on any atom is 0.352 e. The van der Waals surface area contributed by atoms with Crippen LogP contribution in [0.25, 0.3) is 5.82 Å². The summed E-state index contributed by atoms with van der Waals surface area (Å²) in [6, 6.07) is 8.68. The standard InChI is InChI=1S/C17H16ClN5O2/c18-12-5-7-13(8-6-12)25-16-19-10-9-14(20-16)23-17(24)22-11-3-1-2-4-15(22)21-23/h5-10H,1-4,11H2. The first-order valence-corrected chi connectivity index (χ1v) is 8.54. The molecule has 0 saturated heterocycles. The summed E-state index contributed by atoms with van der Waals surface area (Å²) in [5.74, 6) is 1.76. The number of aryl methyl sites for hydroxylation is 1. The van der Waals surface area contributed by atoms with E-state index in [0.29, 0.717) is 23.1 Å². The molecule has 0 bridgehead atoms. The van der Waals surface area contributed by atoms with Crippen LogP contribution in [0.15, 0.2) is 41.3 Å². The third-order valence-corrected chi connectivity index (χ3v) is 4.33. The van der Waals surface area contributed by atoms with Crippen molar-refractivity contribution in [1.29, 1.82) is 0 Å². The molecule has 0 amide bonds. The van der Waals surface area contributed by atoms with Crippen molar-refractivity contribution in [3.05, 3.63) is 57.9 Å². The average molecular weight is 358 g/mol. The number of rotatable bonds is 3. The minimum atomic E-state index is -0.173. The molecule has 3 heterocycles. The molecule has 0 saturated carbocycles. The summed E-state index contributed by atoms with van der Waals surface area (Å²) in [5.41, 5.74) is -0.173. The van der Waals surface area contributed by atoms with E-state index in [4.69, 9.17) is 16.3 Å². The molecule has 8 heteroatoms. The summed E-state index contributed by atoms with van der Waals surface area (Å²) >= 11 is 5.86. The lowest BCUT2D eigenvalue weighted by atomic mass is 10.2. The largest absolute Gasteiger partial charge is 0.424 e. The highest BCUT2D eigenvalue weighted by Gasteiger charge is 2.17. The van der Waals surface area contributed by atoms with Gasteiger partial charge in [-0.1, -0.05) is 18.0 Å². The minimum absolute atomic E-state index is 0.148. The number of aromatic nitrogens is 5. The van der Waals surface area contributed by atoms with Gasteiger partial charge in [-0.2, -0.15) is 9.67 Å². The summed E-state index contributed by atoms with van der Waals surface area (Å²) < 4.78 is 8.67. The van der Waals surface area contributed by atoms with Gasteiger partial charge in [0.2, 0.25) is 0 Å². The third kappa shape index (κ3) is 3.28. The van der Waals surface area contributed by atoms with E-state index in [1.807, 2.05) is 0 Å². The van der Waals surface area contributed by atoms with Crippen molar-refractivity contribution in [1.82, 2.24) is 24.3 Å². The van der Waals surface area contributed by atoms with Gasteiger partial charge >= 0.3 is 11.7 Å². The summed E-state index contributed by atoms with van der Waals surface area (Å²) in [7, 11) is 0. The van der Waals surface area contributed by atoms with Gasteiger partial charge < -0.3 is 4.74 Å². The van der Waals surface area contributed by atoms with E-state index in [1.165, 1.54) is 4.68 Å². The van der Waals surface area contributed by atoms with Crippen molar-refractivity contribution in [2.24, 2.45) is 0 Å². The second kappa shape index (κ2) is 6.68. The molecule has 25 heavy (non-hydrogen) atoms. The summed E-state index contributed by atoms with van der Waals surface area (Å²) in [6.07, 6.45) is 5.51. The molecule has 0 radical (unpaired) electrons. The fourth-order valence-electron chi connectivity index (χ4n) is 2.83. The molecule has 1 aliphatic rings. The first-order valence-electron chi connectivity index (χ1n) is 8.16. The molecular weight excluding hydrogens is 342 g/mol. The van der Waals surface area contributed by atoms with E-state index in [1.54, 1.807) is 41.1 Å². The fraction of sp³-hybridized carbons (Fsp3) is 0.294. The van der Waals surface area contributed by atoms with Crippen LogP contribution in [0.3, 0.4) is 0 Å². The van der Waals surface area contributed by atoms with Crippen LogP contribution in [-0.2, 0) is 13.0 Å². The van der Waals surface area contributed by atoms with Crippen LogP contribution in [0.1, 0.15) is 25.1 Å². The Kier molecular flexibility index (Phi) is 4.23. The van der Waals surface area contributed by atoms with Crippen molar-refractivity contribution in [3.63, 3.8) is 0 Å². The first-order chi connectivity index (χ1) is 12.2. The molecule has 0 fully saturated rings. The maximum atomic E-state index is 12.6. The van der Waals surface area contributed by atoms with Crippen molar-refractivity contribution >= 4 is 11.6 Å². The lowest BCUT2D eigenvalue weighted by Gasteiger charge is -2.05. The molecule has 1 aromatic carbocycles. The zero-order valence-electron chi connectivity index (χ0n) is 13.4. The van der Waals surface area contributed by atoms with Crippen molar-refractivity contribution in [2.75, 3.05) is 0 Å². The summed E-state index contributed by atoms with van der Waals surface area (Å²) in [5, 5.41) is 5.06. The Balaban J connectivity index is 1.66. The maximum absolute atomic E-state index is 12.6. The topological polar surface area (TPSA) is 74.8 Å². The van der Waals surface area contributed by atoms with Crippen LogP contribution in [0.5, 0.6) is 11.8 Å². The van der Waals surface area contributed by atoms with Crippen LogP contribution >= 0.6 is 11.6 Å². The van der Waals surface area contributed by atoms with Crippen LogP contribution in [0.2, 0.25) is 5.02 Å². The van der Waals surface area contributed by atoms with Gasteiger partial charge in [0.1, 0.15) is 11.6 Å². The van der Waals surface area contributed by atoms with Gasteiger partial charge in [-0.05, 0) is 37.1 Å². The van der Waals surface area contributed by atoms with Crippen LogP contribution in [-0.4, -0.2) is 24.3 Å². The quantitative estimate of drug-likeness (QED) is 0.720. The molecular formula is C17H16ClN5O2. The molecule has 128 valence electrons. The van der Waals surface area contributed by atoms with Gasteiger partial charge in [-0.3, -0.25) is 4.57 Å². The number of fused-ring (bicyclic) bond motifs is 1. The Morgan fingerprint density at radius 1 is 1.08 bits per heavy atom. The molecule has 0 spiro atoms. The van der Waals surface area contributed by atoms with E-state index in [-0.39, 0.29) is 11.7 Å². The lowest BCUT2D eigenvalue weighted by molar-refractivity contribution is 0.440. The Bertz CT molecular complexity index is 948. The van der Waals surface area contributed by atoms with E-state index < -0.39 is 0 Å². The number of halogens is 1. The van der Waals surface area contributed by atoms with E-state index in [2.05, 4.69) is 15.1 Å². The SMILES string of the molecule is O=c1n(-c2ccnc(Oc3ccc(Cl)cc3)n2)nc2n1CCCCC2. The molecule has 4 rings (SSSR count). The summed E-state index contributed by atoms with van der Waals surface area (Å²) in [4.78, 5) is 21.0. The predicted molar refractivity (Wildman–Crippen MR) is 92.5 cm³/mol. The normalized spacial score (nSPS) is 14.0. The summed E-state index contributed by atoms with van der Waals surface area (Å²) in [6.45, 7) is 0.702. The molecule has 0 unspecified atom stereocenters. The molecule has 3 aromatic rings. The first kappa shape index (κ1) is 15.8. The second-order valence-corrected chi connectivity index (χ2v) is 6.26. The van der Waals surface area contributed by atoms with Crippen LogP contribution in [0.4, 0.5) is 0 Å². The van der Waals surface area contributed by atoms with Gasteiger partial charge in [-0.25, -0.2) is 9.78 Å². The van der Waals surface area contributed by atoms with Crippen molar-refractivity contribution < 1.29 is 4.74 Å². The van der Waals surface area contributed by atoms with E-state index in [9.17, 15) is 4.79 Å². The zero-order valence-corrected chi connectivity index (χ0v) is 14.2. The van der Waals surface area contributed by atoms with Crippen LogP contribution in [0, 0.1) is 0 Å². The highest BCUT2D eigenvalue weighted by atomic mass is 35.5. The van der Waals surface area contributed by atoms with Gasteiger partial charge in [0.05, 0.1) is 0 Å². The highest BCUT2D eigenvalue weighted by molar-refractivity contribution is 6.30. The molecule has 0 N–H and O–H groups in total. The number of benzene rings is 1. The van der Waals surface area contributed by atoms with E-state index >= 15 is 0 Å². The Morgan fingerprint density at radius 3 is 2.76 bits per heavy atom. The predicted octanol–water partition coefficient (Wildman–Crippen LogP) is 3.00. The minimum Gasteiger partial charge on any atom is -0.424 e. The Labute approximate surface area is 148 Å². The number of hydrogen-bond donors (Lipinski definition) is 0. The zero-order chi connectivity index (χ0) is 17.2. The fourth-order valence-corrected chi connectivity index (χ4v) is 2.96. The lowest BCUT2D eigenvalue weighted by Crippen LogP contribution is -2.24. The number of hydrogen-bond acceptors (Lipinski definition) is 5. The molecule has 1 aliphatic heterocycles. The molecule has 7 nitrogen and oxygen atoms in total. The third-order valence-electron chi connectivity index (χ3n) is 4.08. The monoisotopic (exact) mass is 357 g/mol. The van der Waals surface area contributed by atoms with Gasteiger partial charge in [0.25, 0.3) is 0 Å². The molecule has 2 aromatic heterocycles. The molecule has 0 atom stereocenters. The Hall–Kier alpha value is -2.67. The van der Waals surface area contributed by atoms with Gasteiger partial charge in [0, 0.05) is 30.3 Å². The second-order valence-electron chi connectivity index (χ2n) is 5.83. The smallest absolute Gasteiger partial charge is 0.352 e. The highest BCUT2D eigenvalue weighted by Crippen LogP contribution is 2.20. The van der Waals surface area contributed by atoms with Crippen molar-refractivity contribution in [3.8, 4) is 17.6 Å². The van der Waals surface area contributed by atoms with E-state index in [0.717, 1.165) is 31.5 Å². The average Bonchev–Trinajstić information content (AvgIpc) is 2.80. The Morgan fingerprint density at radius 2 is 1.92 bits per heavy atom. The number of nitrogens with zero attached hydrogens (tertiary/aromatic N) is 5. The van der Waals surface area contributed by atoms with Gasteiger partial charge in [-0.15, -0.1) is 5.10 Å². The van der Waals surface area contributed by atoms with Crippen LogP contribution < -0.4 is 10.4 Å². The van der Waals surface area contributed by atoms with Crippen molar-refractivity contribution in [2.45, 2.75) is 32.2 Å². The van der Waals surface area contributed by atoms with Gasteiger partial charge in [0.15, 0.2) is 5.82 Å². The number of ether oxygens (including phenoxy) is 1.